The molecule has 0 unspecified atom stereocenters. The van der Waals surface area contributed by atoms with E-state index in [4.69, 9.17) is 4.74 Å². The van der Waals surface area contributed by atoms with Crippen LogP contribution < -0.4 is 4.74 Å². The van der Waals surface area contributed by atoms with Gasteiger partial charge in [0.2, 0.25) is 0 Å². The van der Waals surface area contributed by atoms with Gasteiger partial charge in [0.05, 0.1) is 11.1 Å². The number of aryl methyl sites for hydroxylation is 1. The third-order valence-electron chi connectivity index (χ3n) is 6.73. The van der Waals surface area contributed by atoms with Gasteiger partial charge in [0.1, 0.15) is 5.75 Å². The standard InChI is InChI=1S/C27H34BrNO2/c1-2-16-31-27-19-22(7-9-25(27)28)17-21-11-14-29(15-12-21)13-10-20-6-8-23-4-3-5-26(30)24(23)18-20/h6-9,18-19,21H,2-5,10-17H2,1H3. The highest BCUT2D eigenvalue weighted by atomic mass is 79.9. The molecule has 2 aromatic rings. The normalized spacial score (nSPS) is 17.5. The van der Waals surface area contributed by atoms with Gasteiger partial charge in [0, 0.05) is 18.5 Å². The first-order valence-electron chi connectivity index (χ1n) is 11.9. The number of fused-ring (bicyclic) bond motifs is 1. The Hall–Kier alpha value is -1.65. The lowest BCUT2D eigenvalue weighted by atomic mass is 9.88. The highest BCUT2D eigenvalue weighted by Gasteiger charge is 2.21. The van der Waals surface area contributed by atoms with Crippen LogP contribution in [0.15, 0.2) is 40.9 Å². The zero-order chi connectivity index (χ0) is 21.6. The van der Waals surface area contributed by atoms with Gasteiger partial charge in [-0.2, -0.15) is 0 Å². The molecular weight excluding hydrogens is 450 g/mol. The second kappa shape index (κ2) is 10.8. The molecule has 1 aliphatic heterocycles. The van der Waals surface area contributed by atoms with E-state index in [-0.39, 0.29) is 0 Å². The van der Waals surface area contributed by atoms with Crippen LogP contribution in [0.4, 0.5) is 0 Å². The average molecular weight is 484 g/mol. The maximum absolute atomic E-state index is 12.2. The minimum absolute atomic E-state index is 0.333. The van der Waals surface area contributed by atoms with E-state index in [1.165, 1.54) is 42.6 Å². The van der Waals surface area contributed by atoms with E-state index in [0.29, 0.717) is 12.2 Å². The Morgan fingerprint density at radius 2 is 1.87 bits per heavy atom. The molecule has 3 nitrogen and oxygen atoms in total. The Balaban J connectivity index is 1.25. The molecule has 2 aliphatic rings. The zero-order valence-electron chi connectivity index (χ0n) is 18.7. The van der Waals surface area contributed by atoms with E-state index in [2.05, 4.69) is 64.2 Å². The van der Waals surface area contributed by atoms with Crippen molar-refractivity contribution in [1.29, 1.82) is 0 Å². The molecule has 1 fully saturated rings. The van der Waals surface area contributed by atoms with Crippen molar-refractivity contribution in [2.75, 3.05) is 26.2 Å². The van der Waals surface area contributed by atoms with Gasteiger partial charge < -0.3 is 9.64 Å². The molecule has 2 aromatic carbocycles. The second-order valence-electron chi connectivity index (χ2n) is 9.12. The summed E-state index contributed by atoms with van der Waals surface area (Å²) in [6.07, 6.45) is 8.48. The number of Topliss-reactive ketones (excluding diaryl/α,β-unsaturated/α-hetero) is 1. The summed E-state index contributed by atoms with van der Waals surface area (Å²) in [5, 5.41) is 0. The summed E-state index contributed by atoms with van der Waals surface area (Å²) in [5.74, 6) is 2.05. The second-order valence-corrected chi connectivity index (χ2v) is 9.97. The number of carbonyl (C=O) groups excluding carboxylic acids is 1. The SMILES string of the molecule is CCCOc1cc(CC2CCN(CCc3ccc4c(c3)C(=O)CCC4)CC2)ccc1Br. The average Bonchev–Trinajstić information content (AvgIpc) is 2.79. The number of halogens is 1. The summed E-state index contributed by atoms with van der Waals surface area (Å²) in [4.78, 5) is 14.8. The first-order chi connectivity index (χ1) is 15.1. The van der Waals surface area contributed by atoms with E-state index in [0.717, 1.165) is 67.0 Å². The van der Waals surface area contributed by atoms with Crippen molar-refractivity contribution in [3.8, 4) is 5.75 Å². The van der Waals surface area contributed by atoms with E-state index >= 15 is 0 Å². The molecule has 0 atom stereocenters. The summed E-state index contributed by atoms with van der Waals surface area (Å²) in [5.41, 5.74) is 4.92. The Labute approximate surface area is 195 Å². The Morgan fingerprint density at radius 3 is 2.68 bits per heavy atom. The summed E-state index contributed by atoms with van der Waals surface area (Å²) < 4.78 is 6.92. The zero-order valence-corrected chi connectivity index (χ0v) is 20.3. The molecule has 0 saturated carbocycles. The van der Waals surface area contributed by atoms with E-state index in [9.17, 15) is 4.79 Å². The minimum Gasteiger partial charge on any atom is -0.492 e. The number of benzene rings is 2. The summed E-state index contributed by atoms with van der Waals surface area (Å²) in [6.45, 7) is 6.33. The molecule has 0 N–H and O–H groups in total. The molecule has 1 aliphatic carbocycles. The molecule has 0 bridgehead atoms. The van der Waals surface area contributed by atoms with Gasteiger partial charge in [-0.3, -0.25) is 4.79 Å². The van der Waals surface area contributed by atoms with Gasteiger partial charge in [-0.15, -0.1) is 0 Å². The van der Waals surface area contributed by atoms with Crippen LogP contribution >= 0.6 is 15.9 Å². The van der Waals surface area contributed by atoms with Gasteiger partial charge >= 0.3 is 0 Å². The van der Waals surface area contributed by atoms with E-state index < -0.39 is 0 Å². The minimum atomic E-state index is 0.333. The Morgan fingerprint density at radius 1 is 1.06 bits per heavy atom. The molecule has 31 heavy (non-hydrogen) atoms. The third-order valence-corrected chi connectivity index (χ3v) is 7.39. The summed E-state index contributed by atoms with van der Waals surface area (Å²) >= 11 is 3.60. The van der Waals surface area contributed by atoms with Gasteiger partial charge in [-0.05, 0) is 115 Å². The number of piperidine rings is 1. The van der Waals surface area contributed by atoms with Crippen LogP contribution in [-0.4, -0.2) is 36.9 Å². The van der Waals surface area contributed by atoms with Crippen LogP contribution in [0.2, 0.25) is 0 Å². The maximum atomic E-state index is 12.2. The molecule has 0 spiro atoms. The molecule has 4 rings (SSSR count). The number of hydrogen-bond donors (Lipinski definition) is 0. The highest BCUT2D eigenvalue weighted by molar-refractivity contribution is 9.10. The van der Waals surface area contributed by atoms with Crippen LogP contribution in [0, 0.1) is 5.92 Å². The molecule has 0 amide bonds. The van der Waals surface area contributed by atoms with Crippen molar-refractivity contribution in [1.82, 2.24) is 4.90 Å². The van der Waals surface area contributed by atoms with Gasteiger partial charge in [-0.25, -0.2) is 0 Å². The van der Waals surface area contributed by atoms with Crippen molar-refractivity contribution in [2.45, 2.75) is 58.3 Å². The molecular formula is C27H34BrNO2. The lowest BCUT2D eigenvalue weighted by molar-refractivity contribution is 0.0972. The molecule has 1 saturated heterocycles. The van der Waals surface area contributed by atoms with Crippen molar-refractivity contribution >= 4 is 21.7 Å². The van der Waals surface area contributed by atoms with Crippen LogP contribution in [0.25, 0.3) is 0 Å². The van der Waals surface area contributed by atoms with Gasteiger partial charge in [-0.1, -0.05) is 25.1 Å². The van der Waals surface area contributed by atoms with Gasteiger partial charge in [0.15, 0.2) is 5.78 Å². The third kappa shape index (κ3) is 5.98. The molecule has 4 heteroatoms. The fourth-order valence-electron chi connectivity index (χ4n) is 4.86. The largest absolute Gasteiger partial charge is 0.492 e. The van der Waals surface area contributed by atoms with Crippen LogP contribution in [0.3, 0.4) is 0 Å². The van der Waals surface area contributed by atoms with E-state index in [1.54, 1.807) is 0 Å². The van der Waals surface area contributed by atoms with Crippen molar-refractivity contribution in [3.63, 3.8) is 0 Å². The topological polar surface area (TPSA) is 29.5 Å². The fraction of sp³-hybridized carbons (Fsp3) is 0.519. The number of carbonyl (C=O) groups is 1. The molecule has 0 radical (unpaired) electrons. The Bertz CT molecular complexity index is 902. The number of likely N-dealkylation sites (tertiary alicyclic amines) is 1. The quantitative estimate of drug-likeness (QED) is 0.443. The number of rotatable bonds is 8. The number of ether oxygens (including phenoxy) is 1. The molecule has 0 aromatic heterocycles. The van der Waals surface area contributed by atoms with Crippen LogP contribution in [-0.2, 0) is 19.3 Å². The van der Waals surface area contributed by atoms with Crippen molar-refractivity contribution in [2.24, 2.45) is 5.92 Å². The molecule has 1 heterocycles. The highest BCUT2D eigenvalue weighted by Crippen LogP contribution is 2.29. The predicted molar refractivity (Wildman–Crippen MR) is 130 cm³/mol. The van der Waals surface area contributed by atoms with Crippen LogP contribution in [0.1, 0.15) is 66.1 Å². The number of hydrogen-bond acceptors (Lipinski definition) is 3. The van der Waals surface area contributed by atoms with Crippen molar-refractivity contribution in [3.05, 3.63) is 63.1 Å². The summed E-state index contributed by atoms with van der Waals surface area (Å²) in [7, 11) is 0. The fourth-order valence-corrected chi connectivity index (χ4v) is 5.22. The Kier molecular flexibility index (Phi) is 7.84. The smallest absolute Gasteiger partial charge is 0.163 e. The monoisotopic (exact) mass is 483 g/mol. The summed E-state index contributed by atoms with van der Waals surface area (Å²) in [6, 6.07) is 13.1. The lowest BCUT2D eigenvalue weighted by Gasteiger charge is -2.32. The first-order valence-corrected chi connectivity index (χ1v) is 12.7. The van der Waals surface area contributed by atoms with Crippen LogP contribution in [0.5, 0.6) is 5.75 Å². The number of nitrogens with zero attached hydrogens (tertiary/aromatic N) is 1. The molecule has 166 valence electrons. The predicted octanol–water partition coefficient (Wildman–Crippen LogP) is 6.25. The van der Waals surface area contributed by atoms with Crippen molar-refractivity contribution < 1.29 is 9.53 Å². The van der Waals surface area contributed by atoms with Gasteiger partial charge in [0.25, 0.3) is 0 Å². The number of ketones is 1. The lowest BCUT2D eigenvalue weighted by Crippen LogP contribution is -2.35. The first kappa shape index (κ1) is 22.5. The van der Waals surface area contributed by atoms with E-state index in [1.807, 2.05) is 0 Å². The maximum Gasteiger partial charge on any atom is 0.163 e.